The molecule has 1 aliphatic rings. The van der Waals surface area contributed by atoms with Crippen molar-refractivity contribution in [3.8, 4) is 17.0 Å². The molecule has 0 bridgehead atoms. The summed E-state index contributed by atoms with van der Waals surface area (Å²) in [4.78, 5) is 17.0. The number of pyridine rings is 1. The number of carbonyl (C=O) groups excluding carboxylic acids is 1. The average molecular weight is 362 g/mol. The maximum absolute atomic E-state index is 12.9. The second-order valence-corrected chi connectivity index (χ2v) is 6.91. The summed E-state index contributed by atoms with van der Waals surface area (Å²) in [6.45, 7) is 5.66. The predicted octanol–water partition coefficient (Wildman–Crippen LogP) is 4.10. The molecule has 2 aromatic heterocycles. The molecule has 6 nitrogen and oxygen atoms in total. The van der Waals surface area contributed by atoms with E-state index in [1.165, 1.54) is 0 Å². The lowest BCUT2D eigenvalue weighted by Crippen LogP contribution is -2.17. The molecule has 0 saturated heterocycles. The van der Waals surface area contributed by atoms with Gasteiger partial charge in [0.15, 0.2) is 5.69 Å². The number of nitrogens with one attached hydrogen (secondary N) is 1. The molecule has 4 rings (SSSR count). The van der Waals surface area contributed by atoms with Gasteiger partial charge < -0.3 is 10.1 Å². The standard InChI is InChI=1S/C21H22N4O2/c1-14(2)16-5-3-6-17(15-7-9-22-10-8-15)20(16)23-21(26)18-13-19-25(24-18)11-4-12-27-19/h3,5-10,13-14H,4,11-12H2,1-2H3,(H,23,26). The molecule has 3 aromatic rings. The Kier molecular flexibility index (Phi) is 4.62. The number of fused-ring (bicyclic) bond motifs is 1. The Morgan fingerprint density at radius 3 is 2.78 bits per heavy atom. The van der Waals surface area contributed by atoms with Gasteiger partial charge in [-0.3, -0.25) is 9.78 Å². The largest absolute Gasteiger partial charge is 0.478 e. The van der Waals surface area contributed by atoms with Crippen LogP contribution in [0.25, 0.3) is 11.1 Å². The van der Waals surface area contributed by atoms with Crippen LogP contribution >= 0.6 is 0 Å². The first kappa shape index (κ1) is 17.3. The summed E-state index contributed by atoms with van der Waals surface area (Å²) in [6.07, 6.45) is 4.41. The van der Waals surface area contributed by atoms with Crippen molar-refractivity contribution in [3.63, 3.8) is 0 Å². The van der Waals surface area contributed by atoms with Gasteiger partial charge in [0.2, 0.25) is 5.88 Å². The summed E-state index contributed by atoms with van der Waals surface area (Å²) >= 11 is 0. The number of rotatable bonds is 4. The zero-order chi connectivity index (χ0) is 18.8. The first-order chi connectivity index (χ1) is 13.1. The van der Waals surface area contributed by atoms with E-state index in [1.807, 2.05) is 30.3 Å². The molecule has 1 amide bonds. The molecule has 0 atom stereocenters. The normalized spacial score (nSPS) is 13.1. The molecule has 0 saturated carbocycles. The zero-order valence-electron chi connectivity index (χ0n) is 15.5. The topological polar surface area (TPSA) is 69.0 Å². The SMILES string of the molecule is CC(C)c1cccc(-c2ccncc2)c1NC(=O)c1cc2n(n1)CCCO2. The number of nitrogens with zero attached hydrogens (tertiary/aromatic N) is 3. The van der Waals surface area contributed by atoms with Crippen LogP contribution in [0, 0.1) is 0 Å². The number of aryl methyl sites for hydroxylation is 1. The number of hydrogen-bond acceptors (Lipinski definition) is 4. The summed E-state index contributed by atoms with van der Waals surface area (Å²) in [5.74, 6) is 0.683. The lowest BCUT2D eigenvalue weighted by atomic mass is 9.94. The number of hydrogen-bond donors (Lipinski definition) is 1. The van der Waals surface area contributed by atoms with E-state index in [9.17, 15) is 4.79 Å². The van der Waals surface area contributed by atoms with E-state index in [4.69, 9.17) is 4.74 Å². The molecular weight excluding hydrogens is 340 g/mol. The number of aromatic nitrogens is 3. The van der Waals surface area contributed by atoms with Crippen LogP contribution in [0.4, 0.5) is 5.69 Å². The fourth-order valence-corrected chi connectivity index (χ4v) is 3.32. The van der Waals surface area contributed by atoms with Gasteiger partial charge in [-0.05, 0) is 29.2 Å². The summed E-state index contributed by atoms with van der Waals surface area (Å²) in [5.41, 5.74) is 4.24. The van der Waals surface area contributed by atoms with Crippen LogP contribution in [0.15, 0.2) is 48.8 Å². The summed E-state index contributed by atoms with van der Waals surface area (Å²) in [6, 6.07) is 11.7. The molecule has 0 fully saturated rings. The number of carbonyl (C=O) groups is 1. The van der Waals surface area contributed by atoms with Crippen molar-refractivity contribution < 1.29 is 9.53 Å². The fraction of sp³-hybridized carbons (Fsp3) is 0.286. The number of amides is 1. The molecule has 0 unspecified atom stereocenters. The molecule has 1 aromatic carbocycles. The summed E-state index contributed by atoms with van der Waals surface area (Å²) in [5, 5.41) is 7.49. The van der Waals surface area contributed by atoms with Crippen molar-refractivity contribution in [2.24, 2.45) is 0 Å². The molecule has 3 heterocycles. The van der Waals surface area contributed by atoms with Crippen molar-refractivity contribution in [3.05, 3.63) is 60.0 Å². The van der Waals surface area contributed by atoms with Gasteiger partial charge in [0.1, 0.15) is 0 Å². The van der Waals surface area contributed by atoms with Gasteiger partial charge in [0.25, 0.3) is 5.91 Å². The third-order valence-electron chi connectivity index (χ3n) is 4.69. The Hall–Kier alpha value is -3.15. The molecule has 0 spiro atoms. The molecule has 138 valence electrons. The number of para-hydroxylation sites is 1. The Morgan fingerprint density at radius 1 is 1.22 bits per heavy atom. The predicted molar refractivity (Wildman–Crippen MR) is 104 cm³/mol. The van der Waals surface area contributed by atoms with Crippen molar-refractivity contribution in [2.45, 2.75) is 32.7 Å². The maximum Gasteiger partial charge on any atom is 0.276 e. The van der Waals surface area contributed by atoms with Gasteiger partial charge >= 0.3 is 0 Å². The van der Waals surface area contributed by atoms with Gasteiger partial charge in [-0.2, -0.15) is 5.10 Å². The van der Waals surface area contributed by atoms with E-state index < -0.39 is 0 Å². The number of ether oxygens (including phenoxy) is 1. The van der Waals surface area contributed by atoms with Crippen molar-refractivity contribution >= 4 is 11.6 Å². The van der Waals surface area contributed by atoms with Crippen LogP contribution < -0.4 is 10.1 Å². The molecular formula is C21H22N4O2. The van der Waals surface area contributed by atoms with E-state index in [0.29, 0.717) is 18.2 Å². The molecule has 1 aliphatic heterocycles. The Labute approximate surface area is 158 Å². The number of benzene rings is 1. The van der Waals surface area contributed by atoms with E-state index in [1.54, 1.807) is 23.1 Å². The van der Waals surface area contributed by atoms with E-state index >= 15 is 0 Å². The van der Waals surface area contributed by atoms with E-state index in [0.717, 1.165) is 35.3 Å². The highest BCUT2D eigenvalue weighted by atomic mass is 16.5. The van der Waals surface area contributed by atoms with Gasteiger partial charge in [-0.1, -0.05) is 32.0 Å². The second-order valence-electron chi connectivity index (χ2n) is 6.91. The second kappa shape index (κ2) is 7.23. The third kappa shape index (κ3) is 3.43. The minimum absolute atomic E-state index is 0.232. The third-order valence-corrected chi connectivity index (χ3v) is 4.69. The van der Waals surface area contributed by atoms with Crippen LogP contribution in [-0.4, -0.2) is 27.3 Å². The Bertz CT molecular complexity index is 940. The molecule has 6 heteroatoms. The van der Waals surface area contributed by atoms with E-state index in [2.05, 4.69) is 29.2 Å². The first-order valence-electron chi connectivity index (χ1n) is 9.19. The molecule has 27 heavy (non-hydrogen) atoms. The van der Waals surface area contributed by atoms with Gasteiger partial charge in [-0.15, -0.1) is 0 Å². The molecule has 1 N–H and O–H groups in total. The highest BCUT2D eigenvalue weighted by Crippen LogP contribution is 2.35. The lowest BCUT2D eigenvalue weighted by molar-refractivity contribution is 0.102. The van der Waals surface area contributed by atoms with Crippen LogP contribution in [0.2, 0.25) is 0 Å². The van der Waals surface area contributed by atoms with Crippen LogP contribution in [0.5, 0.6) is 5.88 Å². The van der Waals surface area contributed by atoms with Crippen molar-refractivity contribution in [2.75, 3.05) is 11.9 Å². The quantitative estimate of drug-likeness (QED) is 0.758. The van der Waals surface area contributed by atoms with Gasteiger partial charge in [0.05, 0.1) is 12.3 Å². The minimum atomic E-state index is -0.232. The summed E-state index contributed by atoms with van der Waals surface area (Å²) < 4.78 is 7.32. The average Bonchev–Trinajstić information content (AvgIpc) is 3.13. The monoisotopic (exact) mass is 362 g/mol. The van der Waals surface area contributed by atoms with E-state index in [-0.39, 0.29) is 11.8 Å². The first-order valence-corrected chi connectivity index (χ1v) is 9.19. The fourth-order valence-electron chi connectivity index (χ4n) is 3.32. The van der Waals surface area contributed by atoms with Crippen molar-refractivity contribution in [1.82, 2.24) is 14.8 Å². The highest BCUT2D eigenvalue weighted by molar-refractivity contribution is 6.06. The Morgan fingerprint density at radius 2 is 2.04 bits per heavy atom. The minimum Gasteiger partial charge on any atom is -0.478 e. The van der Waals surface area contributed by atoms with Gasteiger partial charge in [0, 0.05) is 37.0 Å². The Balaban J connectivity index is 1.72. The van der Waals surface area contributed by atoms with Crippen LogP contribution in [0.1, 0.15) is 42.2 Å². The van der Waals surface area contributed by atoms with Crippen molar-refractivity contribution in [1.29, 1.82) is 0 Å². The van der Waals surface area contributed by atoms with Crippen LogP contribution in [0.3, 0.4) is 0 Å². The maximum atomic E-state index is 12.9. The summed E-state index contributed by atoms with van der Waals surface area (Å²) in [7, 11) is 0. The molecule has 0 aliphatic carbocycles. The lowest BCUT2D eigenvalue weighted by Gasteiger charge is -2.18. The molecule has 0 radical (unpaired) electrons. The zero-order valence-corrected chi connectivity index (χ0v) is 15.5. The van der Waals surface area contributed by atoms with Crippen LogP contribution in [-0.2, 0) is 6.54 Å². The smallest absolute Gasteiger partial charge is 0.276 e. The van der Waals surface area contributed by atoms with Gasteiger partial charge in [-0.25, -0.2) is 4.68 Å². The number of anilines is 1. The highest BCUT2D eigenvalue weighted by Gasteiger charge is 2.21.